The molecule has 2 heterocycles. The second kappa shape index (κ2) is 7.53. The minimum atomic E-state index is -3.31. The Balaban J connectivity index is 1.72. The molecular formula is C17H21N3O5S2. The largest absolute Gasteiger partial charge is 0.383 e. The van der Waals surface area contributed by atoms with Crippen molar-refractivity contribution in [1.29, 1.82) is 0 Å². The molecule has 2 aromatic rings. The van der Waals surface area contributed by atoms with E-state index in [1.165, 1.54) is 17.4 Å². The second-order valence-electron chi connectivity index (χ2n) is 6.66. The molecule has 1 fully saturated rings. The number of methoxy groups -OCH3 is 1. The van der Waals surface area contributed by atoms with Gasteiger partial charge in [0.2, 0.25) is 11.8 Å². The number of thiazole rings is 1. The van der Waals surface area contributed by atoms with Crippen molar-refractivity contribution in [2.24, 2.45) is 5.92 Å². The topological polar surface area (TPSA) is 106 Å². The Morgan fingerprint density at radius 1 is 1.48 bits per heavy atom. The first-order chi connectivity index (χ1) is 12.7. The molecule has 1 aliphatic rings. The van der Waals surface area contributed by atoms with Gasteiger partial charge in [-0.05, 0) is 25.1 Å². The number of carbonyl (C=O) groups excluding carboxylic acids is 2. The van der Waals surface area contributed by atoms with Crippen molar-refractivity contribution >= 4 is 48.3 Å². The molecule has 0 bridgehead atoms. The van der Waals surface area contributed by atoms with Crippen molar-refractivity contribution in [3.8, 4) is 0 Å². The summed E-state index contributed by atoms with van der Waals surface area (Å²) in [6.45, 7) is 2.65. The summed E-state index contributed by atoms with van der Waals surface area (Å²) < 4.78 is 29.1. The molecule has 1 saturated heterocycles. The number of carbonyl (C=O) groups is 2. The Morgan fingerprint density at radius 3 is 2.89 bits per heavy atom. The summed E-state index contributed by atoms with van der Waals surface area (Å²) in [6, 6.07) is 4.57. The maximum Gasteiger partial charge on any atom is 0.231 e. The molecule has 8 nitrogen and oxygen atoms in total. The van der Waals surface area contributed by atoms with E-state index in [4.69, 9.17) is 4.74 Å². The number of fused-ring (bicyclic) bond motifs is 1. The Labute approximate surface area is 161 Å². The Kier molecular flexibility index (Phi) is 5.50. The number of sulfone groups is 1. The van der Waals surface area contributed by atoms with Gasteiger partial charge >= 0.3 is 0 Å². The lowest BCUT2D eigenvalue weighted by Gasteiger charge is -2.23. The summed E-state index contributed by atoms with van der Waals surface area (Å²) in [5, 5.41) is 3.14. The number of hydrogen-bond acceptors (Lipinski definition) is 7. The van der Waals surface area contributed by atoms with Gasteiger partial charge in [0.15, 0.2) is 15.0 Å². The van der Waals surface area contributed by atoms with Gasteiger partial charge in [0.1, 0.15) is 0 Å². The van der Waals surface area contributed by atoms with Crippen molar-refractivity contribution in [3.05, 3.63) is 18.2 Å². The zero-order valence-electron chi connectivity index (χ0n) is 15.3. The highest BCUT2D eigenvalue weighted by molar-refractivity contribution is 7.90. The van der Waals surface area contributed by atoms with Crippen LogP contribution in [0.15, 0.2) is 23.1 Å². The summed E-state index contributed by atoms with van der Waals surface area (Å²) in [5.41, 5.74) is 0.612. The van der Waals surface area contributed by atoms with Crippen molar-refractivity contribution in [3.63, 3.8) is 0 Å². The summed E-state index contributed by atoms with van der Waals surface area (Å²) in [4.78, 5) is 30.9. The van der Waals surface area contributed by atoms with Gasteiger partial charge < -0.3 is 15.0 Å². The fourth-order valence-corrected chi connectivity index (χ4v) is 4.69. The third-order valence-corrected chi connectivity index (χ3v) is 6.53. The molecule has 0 unspecified atom stereocenters. The third-order valence-electron chi connectivity index (χ3n) is 4.49. The van der Waals surface area contributed by atoms with Crippen LogP contribution in [0, 0.1) is 5.92 Å². The highest BCUT2D eigenvalue weighted by Gasteiger charge is 2.36. The summed E-state index contributed by atoms with van der Waals surface area (Å²) in [6.07, 6.45) is 1.30. The summed E-state index contributed by atoms with van der Waals surface area (Å²) >= 11 is 1.20. The maximum atomic E-state index is 12.5. The predicted molar refractivity (Wildman–Crippen MR) is 103 cm³/mol. The molecule has 1 aliphatic heterocycles. The quantitative estimate of drug-likeness (QED) is 0.773. The molecule has 0 saturated carbocycles. The average molecular weight is 412 g/mol. The van der Waals surface area contributed by atoms with Crippen LogP contribution < -0.4 is 5.32 Å². The lowest BCUT2D eigenvalue weighted by Crippen LogP contribution is -2.38. The highest BCUT2D eigenvalue weighted by atomic mass is 32.2. The summed E-state index contributed by atoms with van der Waals surface area (Å²) in [5.74, 6) is -0.782. The lowest BCUT2D eigenvalue weighted by molar-refractivity contribution is -0.130. The Morgan fingerprint density at radius 2 is 2.22 bits per heavy atom. The van der Waals surface area contributed by atoms with Crippen LogP contribution >= 0.6 is 11.3 Å². The van der Waals surface area contributed by atoms with Crippen LogP contribution in [0.4, 0.5) is 5.13 Å². The first kappa shape index (κ1) is 19.7. The first-order valence-corrected chi connectivity index (χ1v) is 11.1. The van der Waals surface area contributed by atoms with Crippen molar-refractivity contribution in [1.82, 2.24) is 9.88 Å². The molecule has 2 amide bonds. The average Bonchev–Trinajstić information content (AvgIpc) is 3.16. The van der Waals surface area contributed by atoms with Gasteiger partial charge in [-0.3, -0.25) is 9.59 Å². The van der Waals surface area contributed by atoms with Crippen LogP contribution in [-0.4, -0.2) is 62.7 Å². The number of aromatic nitrogens is 1. The SMILES string of the molecule is COC[C@H](C)N1C[C@@H](C(=O)Nc2nc3ccc(S(C)(=O)=O)cc3s2)CC1=O. The maximum absolute atomic E-state index is 12.5. The number of rotatable bonds is 6. The number of ether oxygens (including phenoxy) is 1. The van der Waals surface area contributed by atoms with Crippen LogP contribution in [0.3, 0.4) is 0 Å². The van der Waals surface area contributed by atoms with Gasteiger partial charge in [-0.1, -0.05) is 11.3 Å². The first-order valence-electron chi connectivity index (χ1n) is 8.39. The van der Waals surface area contributed by atoms with Gasteiger partial charge in [0.25, 0.3) is 0 Å². The molecule has 1 aromatic heterocycles. The third kappa shape index (κ3) is 4.28. The van der Waals surface area contributed by atoms with E-state index in [0.717, 1.165) is 6.26 Å². The van der Waals surface area contributed by atoms with Crippen LogP contribution in [0.2, 0.25) is 0 Å². The minimum Gasteiger partial charge on any atom is -0.383 e. The molecular weight excluding hydrogens is 390 g/mol. The van der Waals surface area contributed by atoms with E-state index in [9.17, 15) is 18.0 Å². The zero-order chi connectivity index (χ0) is 19.8. The van der Waals surface area contributed by atoms with Crippen LogP contribution in [0.25, 0.3) is 10.2 Å². The van der Waals surface area contributed by atoms with Gasteiger partial charge in [-0.15, -0.1) is 0 Å². The molecule has 0 spiro atoms. The number of anilines is 1. The van der Waals surface area contributed by atoms with E-state index in [2.05, 4.69) is 10.3 Å². The Hall–Kier alpha value is -2.04. The standard InChI is InChI=1S/C17H21N3O5S2/c1-10(9-25-2)20-8-11(6-15(20)21)16(22)19-17-18-13-5-4-12(27(3,23)24)7-14(13)26-17/h4-5,7,10-11H,6,8-9H2,1-3H3,(H,18,19,22)/t10-,11-/m0/s1. The van der Waals surface area contributed by atoms with E-state index in [1.54, 1.807) is 24.1 Å². The molecule has 0 radical (unpaired) electrons. The smallest absolute Gasteiger partial charge is 0.231 e. The van der Waals surface area contributed by atoms with Crippen LogP contribution in [-0.2, 0) is 24.2 Å². The van der Waals surface area contributed by atoms with Crippen molar-refractivity contribution in [2.75, 3.05) is 31.8 Å². The minimum absolute atomic E-state index is 0.0678. The van der Waals surface area contributed by atoms with Gasteiger partial charge in [0.05, 0.1) is 33.7 Å². The molecule has 3 rings (SSSR count). The molecule has 1 N–H and O–H groups in total. The van der Waals surface area contributed by atoms with Crippen LogP contribution in [0.5, 0.6) is 0 Å². The monoisotopic (exact) mass is 411 g/mol. The fourth-order valence-electron chi connectivity index (χ4n) is 3.06. The van der Waals surface area contributed by atoms with E-state index in [0.29, 0.717) is 28.5 Å². The molecule has 10 heteroatoms. The van der Waals surface area contributed by atoms with Crippen molar-refractivity contribution in [2.45, 2.75) is 24.3 Å². The number of hydrogen-bond donors (Lipinski definition) is 1. The number of nitrogens with one attached hydrogen (secondary N) is 1. The number of likely N-dealkylation sites (tertiary alicyclic amines) is 1. The zero-order valence-corrected chi connectivity index (χ0v) is 16.9. The van der Waals surface area contributed by atoms with Crippen LogP contribution in [0.1, 0.15) is 13.3 Å². The van der Waals surface area contributed by atoms with E-state index >= 15 is 0 Å². The predicted octanol–water partition coefficient (Wildman–Crippen LogP) is 1.52. The normalized spacial score (nSPS) is 18.9. The molecule has 0 aliphatic carbocycles. The van der Waals surface area contributed by atoms with Gasteiger partial charge in [0, 0.05) is 26.3 Å². The van der Waals surface area contributed by atoms with Crippen molar-refractivity contribution < 1.29 is 22.7 Å². The number of amides is 2. The Bertz CT molecular complexity index is 986. The number of benzene rings is 1. The number of nitrogens with zero attached hydrogens (tertiary/aromatic N) is 2. The molecule has 2 atom stereocenters. The van der Waals surface area contributed by atoms with Gasteiger partial charge in [-0.2, -0.15) is 0 Å². The molecule has 146 valence electrons. The van der Waals surface area contributed by atoms with E-state index in [-0.39, 0.29) is 29.2 Å². The lowest BCUT2D eigenvalue weighted by atomic mass is 10.1. The molecule has 1 aromatic carbocycles. The highest BCUT2D eigenvalue weighted by Crippen LogP contribution is 2.29. The van der Waals surface area contributed by atoms with E-state index in [1.807, 2.05) is 6.92 Å². The second-order valence-corrected chi connectivity index (χ2v) is 9.71. The fraction of sp³-hybridized carbons (Fsp3) is 0.471. The molecule has 27 heavy (non-hydrogen) atoms. The van der Waals surface area contributed by atoms with E-state index < -0.39 is 15.8 Å². The summed E-state index contributed by atoms with van der Waals surface area (Å²) in [7, 11) is -1.74. The van der Waals surface area contributed by atoms with Gasteiger partial charge in [-0.25, -0.2) is 13.4 Å².